The van der Waals surface area contributed by atoms with Crippen molar-refractivity contribution in [3.8, 4) is 28.5 Å². The molecule has 0 unspecified atom stereocenters. The van der Waals surface area contributed by atoms with E-state index in [1.807, 2.05) is 54.6 Å². The van der Waals surface area contributed by atoms with Crippen LogP contribution >= 0.6 is 0 Å². The van der Waals surface area contributed by atoms with Gasteiger partial charge in [0.15, 0.2) is 0 Å². The van der Waals surface area contributed by atoms with Crippen molar-refractivity contribution < 1.29 is 9.53 Å². The zero-order valence-electron chi connectivity index (χ0n) is 16.7. The molecule has 152 valence electrons. The van der Waals surface area contributed by atoms with E-state index in [-0.39, 0.29) is 5.91 Å². The Bertz CT molecular complexity index is 1340. The molecule has 31 heavy (non-hydrogen) atoms. The molecule has 0 radical (unpaired) electrons. The van der Waals surface area contributed by atoms with Crippen LogP contribution in [0.2, 0.25) is 0 Å². The molecule has 0 aliphatic heterocycles. The van der Waals surface area contributed by atoms with Gasteiger partial charge in [-0.1, -0.05) is 24.3 Å². The molecule has 5 aromatic rings. The van der Waals surface area contributed by atoms with Gasteiger partial charge >= 0.3 is 0 Å². The van der Waals surface area contributed by atoms with Gasteiger partial charge < -0.3 is 20.0 Å². The number of carbonyl (C=O) groups excluding carboxylic acids is 1. The zero-order chi connectivity index (χ0) is 21.2. The van der Waals surface area contributed by atoms with E-state index >= 15 is 0 Å². The SMILES string of the molecule is COc1cc(NC(=O)c2cccc(-c3nc4ccccc4[nH]3)c2)ccc1-c1ncc[nH]1. The minimum atomic E-state index is -0.217. The number of H-pyrrole nitrogens is 2. The maximum Gasteiger partial charge on any atom is 0.255 e. The van der Waals surface area contributed by atoms with Crippen LogP contribution in [0.3, 0.4) is 0 Å². The van der Waals surface area contributed by atoms with Crippen molar-refractivity contribution in [3.05, 3.63) is 84.7 Å². The third-order valence-electron chi connectivity index (χ3n) is 5.00. The molecule has 2 heterocycles. The fraction of sp³-hybridized carbons (Fsp3) is 0.0417. The molecule has 7 heteroatoms. The highest BCUT2D eigenvalue weighted by molar-refractivity contribution is 6.05. The van der Waals surface area contributed by atoms with Crippen molar-refractivity contribution in [1.29, 1.82) is 0 Å². The second kappa shape index (κ2) is 7.79. The summed E-state index contributed by atoms with van der Waals surface area (Å²) in [7, 11) is 1.59. The lowest BCUT2D eigenvalue weighted by Crippen LogP contribution is -2.12. The number of carbonyl (C=O) groups is 1. The van der Waals surface area contributed by atoms with Crippen molar-refractivity contribution in [2.75, 3.05) is 12.4 Å². The van der Waals surface area contributed by atoms with Gasteiger partial charge in [-0.25, -0.2) is 9.97 Å². The Balaban J connectivity index is 1.40. The van der Waals surface area contributed by atoms with E-state index in [9.17, 15) is 4.79 Å². The van der Waals surface area contributed by atoms with Crippen molar-refractivity contribution in [2.45, 2.75) is 0 Å². The maximum absolute atomic E-state index is 12.9. The summed E-state index contributed by atoms with van der Waals surface area (Å²) in [5, 5.41) is 2.93. The highest BCUT2D eigenvalue weighted by Gasteiger charge is 2.13. The van der Waals surface area contributed by atoms with Gasteiger partial charge in [0.1, 0.15) is 17.4 Å². The van der Waals surface area contributed by atoms with Crippen LogP contribution in [0.5, 0.6) is 5.75 Å². The Labute approximate surface area is 178 Å². The molecule has 7 nitrogen and oxygen atoms in total. The summed E-state index contributed by atoms with van der Waals surface area (Å²) in [4.78, 5) is 28.1. The number of para-hydroxylation sites is 2. The number of anilines is 1. The Morgan fingerprint density at radius 2 is 1.90 bits per heavy atom. The first-order valence-corrected chi connectivity index (χ1v) is 9.75. The molecule has 0 atom stereocenters. The molecular formula is C24H19N5O2. The van der Waals surface area contributed by atoms with Gasteiger partial charge in [-0.05, 0) is 36.4 Å². The molecule has 3 N–H and O–H groups in total. The molecule has 3 aromatic carbocycles. The van der Waals surface area contributed by atoms with Crippen LogP contribution in [-0.4, -0.2) is 33.0 Å². The van der Waals surface area contributed by atoms with Crippen LogP contribution in [0, 0.1) is 0 Å². The fourth-order valence-electron chi connectivity index (χ4n) is 3.48. The number of benzene rings is 3. The van der Waals surface area contributed by atoms with E-state index < -0.39 is 0 Å². The number of imidazole rings is 2. The molecule has 2 aromatic heterocycles. The lowest BCUT2D eigenvalue weighted by molar-refractivity contribution is 0.102. The Morgan fingerprint density at radius 1 is 1.00 bits per heavy atom. The number of methoxy groups -OCH3 is 1. The molecule has 0 spiro atoms. The van der Waals surface area contributed by atoms with Gasteiger partial charge in [0, 0.05) is 35.3 Å². The van der Waals surface area contributed by atoms with Crippen LogP contribution in [0.25, 0.3) is 33.8 Å². The van der Waals surface area contributed by atoms with E-state index in [0.29, 0.717) is 22.8 Å². The summed E-state index contributed by atoms with van der Waals surface area (Å²) >= 11 is 0. The standard InChI is InChI=1S/C24H19N5O2/c1-31-21-14-17(9-10-18(21)23-25-11-12-26-23)27-24(30)16-6-4-5-15(13-16)22-28-19-7-2-3-8-20(19)29-22/h2-14H,1H3,(H,25,26)(H,27,30)(H,28,29). The van der Waals surface area contributed by atoms with Crippen LogP contribution in [0.1, 0.15) is 10.4 Å². The first kappa shape index (κ1) is 18.6. The number of rotatable bonds is 5. The van der Waals surface area contributed by atoms with Gasteiger partial charge in [0.05, 0.1) is 23.7 Å². The quantitative estimate of drug-likeness (QED) is 0.385. The molecule has 0 bridgehead atoms. The minimum absolute atomic E-state index is 0.217. The van der Waals surface area contributed by atoms with E-state index in [1.54, 1.807) is 31.6 Å². The minimum Gasteiger partial charge on any atom is -0.496 e. The summed E-state index contributed by atoms with van der Waals surface area (Å²) < 4.78 is 5.48. The average Bonchev–Trinajstić information content (AvgIpc) is 3.49. The van der Waals surface area contributed by atoms with Crippen molar-refractivity contribution in [2.24, 2.45) is 0 Å². The van der Waals surface area contributed by atoms with Gasteiger partial charge in [-0.3, -0.25) is 4.79 Å². The molecule has 0 saturated carbocycles. The summed E-state index contributed by atoms with van der Waals surface area (Å²) in [5.74, 6) is 1.82. The van der Waals surface area contributed by atoms with Gasteiger partial charge in [-0.15, -0.1) is 0 Å². The average molecular weight is 409 g/mol. The molecule has 0 saturated heterocycles. The molecule has 0 aliphatic rings. The Morgan fingerprint density at radius 3 is 2.71 bits per heavy atom. The number of aromatic nitrogens is 4. The lowest BCUT2D eigenvalue weighted by Gasteiger charge is -2.11. The van der Waals surface area contributed by atoms with E-state index in [0.717, 1.165) is 28.0 Å². The molecular weight excluding hydrogens is 390 g/mol. The third-order valence-corrected chi connectivity index (χ3v) is 5.00. The summed E-state index contributed by atoms with van der Waals surface area (Å²) in [6, 6.07) is 20.7. The highest BCUT2D eigenvalue weighted by atomic mass is 16.5. The van der Waals surface area contributed by atoms with Gasteiger partial charge in [-0.2, -0.15) is 0 Å². The summed E-state index contributed by atoms with van der Waals surface area (Å²) in [5.41, 5.74) is 4.66. The number of amides is 1. The highest BCUT2D eigenvalue weighted by Crippen LogP contribution is 2.30. The lowest BCUT2D eigenvalue weighted by atomic mass is 10.1. The number of aromatic amines is 2. The van der Waals surface area contributed by atoms with Crippen molar-refractivity contribution in [1.82, 2.24) is 19.9 Å². The monoisotopic (exact) mass is 409 g/mol. The summed E-state index contributed by atoms with van der Waals surface area (Å²) in [6.07, 6.45) is 3.43. The summed E-state index contributed by atoms with van der Waals surface area (Å²) in [6.45, 7) is 0. The zero-order valence-corrected chi connectivity index (χ0v) is 16.7. The molecule has 0 aliphatic carbocycles. The van der Waals surface area contributed by atoms with E-state index in [4.69, 9.17) is 4.74 Å². The number of hydrogen-bond acceptors (Lipinski definition) is 4. The normalized spacial score (nSPS) is 10.9. The third kappa shape index (κ3) is 3.64. The van der Waals surface area contributed by atoms with Gasteiger partial charge in [0.2, 0.25) is 0 Å². The maximum atomic E-state index is 12.9. The largest absolute Gasteiger partial charge is 0.496 e. The van der Waals surface area contributed by atoms with Crippen LogP contribution in [0.4, 0.5) is 5.69 Å². The smallest absolute Gasteiger partial charge is 0.255 e. The number of nitrogens with one attached hydrogen (secondary N) is 3. The fourth-order valence-corrected chi connectivity index (χ4v) is 3.48. The van der Waals surface area contributed by atoms with Crippen LogP contribution in [0.15, 0.2) is 79.1 Å². The van der Waals surface area contributed by atoms with E-state index in [1.165, 1.54) is 0 Å². The van der Waals surface area contributed by atoms with Crippen LogP contribution in [-0.2, 0) is 0 Å². The molecule has 5 rings (SSSR count). The Hall–Kier alpha value is -4.39. The first-order chi connectivity index (χ1) is 15.2. The van der Waals surface area contributed by atoms with Crippen LogP contribution < -0.4 is 10.1 Å². The second-order valence-corrected chi connectivity index (χ2v) is 6.99. The van der Waals surface area contributed by atoms with E-state index in [2.05, 4.69) is 25.3 Å². The Kier molecular flexibility index (Phi) is 4.68. The van der Waals surface area contributed by atoms with Crippen molar-refractivity contribution >= 4 is 22.6 Å². The topological polar surface area (TPSA) is 95.7 Å². The number of nitrogens with zero attached hydrogens (tertiary/aromatic N) is 2. The molecule has 0 fully saturated rings. The van der Waals surface area contributed by atoms with Gasteiger partial charge in [0.25, 0.3) is 5.91 Å². The van der Waals surface area contributed by atoms with Crippen molar-refractivity contribution in [3.63, 3.8) is 0 Å². The number of fused-ring (bicyclic) bond motifs is 1. The predicted octanol–water partition coefficient (Wildman–Crippen LogP) is 4.88. The first-order valence-electron chi connectivity index (χ1n) is 9.75. The number of ether oxygens (including phenoxy) is 1. The number of hydrogen-bond donors (Lipinski definition) is 3. The predicted molar refractivity (Wildman–Crippen MR) is 120 cm³/mol. The molecule has 1 amide bonds. The second-order valence-electron chi connectivity index (χ2n) is 6.99.